The third-order valence-electron chi connectivity index (χ3n) is 34.5. The third-order valence-corrected chi connectivity index (χ3v) is 34.5. The molecule has 7 unspecified atom stereocenters. The Morgan fingerprint density at radius 3 is 0.731 bits per heavy atom. The SMILES string of the molecule is CC(CCC(COc1cc(OCC(CCC(C)CC(C)(C)C)C(C)CC(C)(C)C)cc(C2N(C)CC34c5c6c7c8c9c%10c(c%11c%12c3c3c5c5c%13c6c6c7c7c9c9c%14c%10c%10c%11c%11c%12c%12c3c3c5c5c%13c%13c6c6c7c9c7c9c%14c%10c%10c%11c%11c%12c3c3c5c5c%13c6c7c6c9c%10c%11c3c56)C824)c1)C(C)CC(C)(C)C)CC(C)(C)C. The summed E-state index contributed by atoms with van der Waals surface area (Å²) < 4.78 is 15.8. The van der Waals surface area contributed by atoms with Crippen LogP contribution in [-0.2, 0) is 10.8 Å². The largest absolute Gasteiger partial charge is 0.493 e. The van der Waals surface area contributed by atoms with E-state index in [0.29, 0.717) is 59.6 Å². The van der Waals surface area contributed by atoms with Crippen molar-refractivity contribution in [2.75, 3.05) is 26.8 Å². The van der Waals surface area contributed by atoms with Gasteiger partial charge in [-0.05, 0) is 434 Å². The molecule has 1 fully saturated rings. The minimum absolute atomic E-state index is 0.0399. The van der Waals surface area contributed by atoms with Crippen molar-refractivity contribution in [3.05, 3.63) is 46.0 Å². The molecule has 7 atom stereocenters. The highest BCUT2D eigenvalue weighted by Crippen LogP contribution is 2.87. The first-order chi connectivity index (χ1) is 51.8. The van der Waals surface area contributed by atoms with Gasteiger partial charge in [0.05, 0.1) is 24.0 Å². The van der Waals surface area contributed by atoms with Gasteiger partial charge in [0.1, 0.15) is 11.5 Å². The molecule has 0 aromatic heterocycles. The molecule has 29 aromatic carbocycles. The van der Waals surface area contributed by atoms with E-state index in [1.807, 2.05) is 0 Å². The van der Waals surface area contributed by atoms with Gasteiger partial charge in [0.25, 0.3) is 0 Å². The van der Waals surface area contributed by atoms with Crippen LogP contribution in [-0.4, -0.2) is 31.7 Å². The van der Waals surface area contributed by atoms with Crippen molar-refractivity contribution in [1.82, 2.24) is 4.90 Å². The molecular formula is C105H83NO2. The summed E-state index contributed by atoms with van der Waals surface area (Å²) in [4.78, 5) is 3.02. The number of nitrogens with zero attached hydrogens (tertiary/aromatic N) is 1. The quantitative estimate of drug-likeness (QED) is 0.0753. The molecule has 1 aliphatic heterocycles. The summed E-state index contributed by atoms with van der Waals surface area (Å²) in [6.07, 6.45) is 9.65. The van der Waals surface area contributed by atoms with E-state index >= 15 is 0 Å². The lowest BCUT2D eigenvalue weighted by atomic mass is 9.47. The van der Waals surface area contributed by atoms with Crippen molar-refractivity contribution in [1.29, 1.82) is 0 Å². The van der Waals surface area contributed by atoms with E-state index < -0.39 is 10.8 Å². The Morgan fingerprint density at radius 2 is 0.509 bits per heavy atom. The summed E-state index contributed by atoms with van der Waals surface area (Å²) in [7, 11) is 2.64. The first-order valence-corrected chi connectivity index (χ1v) is 42.6. The Morgan fingerprint density at radius 1 is 0.296 bits per heavy atom. The second-order valence-electron chi connectivity index (χ2n) is 45.0. The van der Waals surface area contributed by atoms with Gasteiger partial charge in [-0.3, -0.25) is 4.90 Å². The molecule has 0 amide bonds. The highest BCUT2D eigenvalue weighted by atomic mass is 16.5. The molecule has 0 saturated carbocycles. The van der Waals surface area contributed by atoms with Gasteiger partial charge in [0.15, 0.2) is 0 Å². The van der Waals surface area contributed by atoms with Gasteiger partial charge >= 0.3 is 0 Å². The van der Waals surface area contributed by atoms with Crippen LogP contribution in [0.5, 0.6) is 11.5 Å². The zero-order valence-electron chi connectivity index (χ0n) is 65.3. The molecule has 29 aromatic rings. The van der Waals surface area contributed by atoms with Crippen molar-refractivity contribution >= 4 is 291 Å². The lowest BCUT2D eigenvalue weighted by Gasteiger charge is -2.52. The van der Waals surface area contributed by atoms with Crippen molar-refractivity contribution in [3.63, 3.8) is 0 Å². The number of hydrogen-bond donors (Lipinski definition) is 0. The standard InChI is InChI=1S/C105H83NO2/c1-32(25-100(5,6)7)18-20-36(34(3)27-102(11,12)13)29-107-39-22-38(23-40(24-39)108-30-37(35(4)28-103(14,15)16)21-19-33(2)26-101(8,9)10)99-105-97-91-85-75-63-55-47-43-41-42-45-49(47)57(63)67-61-53(45)54-46(42)50-48-44(41)52-51(43)59-65(55)73-79-69(59)70-60(52)66-56(48)64-58(50)68-62(54)72-71(61)83(77(67)85)93(97)94-84(72)78(68)86-76(64)82-74(66)80(70)88-87(79)95(89(91)81(73)75)104(105,31-106(99)17)96(88)90(82)92(86)98(94)105/h22-24,32-37,99H,18-21,25-31H2,1-17H3. The van der Waals surface area contributed by atoms with Gasteiger partial charge in [0.2, 0.25) is 0 Å². The Bertz CT molecular complexity index is 8330. The molecule has 0 bridgehead atoms. The Hall–Kier alpha value is -8.76. The van der Waals surface area contributed by atoms with Crippen LogP contribution in [0.4, 0.5) is 0 Å². The molecule has 1 heterocycles. The zero-order chi connectivity index (χ0) is 71.2. The van der Waals surface area contributed by atoms with Crippen LogP contribution in [0.1, 0.15) is 196 Å². The van der Waals surface area contributed by atoms with Gasteiger partial charge in [0, 0.05) is 18.7 Å². The van der Waals surface area contributed by atoms with E-state index in [9.17, 15) is 0 Å². The Balaban J connectivity index is 0.732. The number of ether oxygens (including phenoxy) is 2. The summed E-state index contributed by atoms with van der Waals surface area (Å²) in [6, 6.07) is 7.67. The highest BCUT2D eigenvalue weighted by molar-refractivity contribution is 6.82. The predicted octanol–water partition coefficient (Wildman–Crippen LogP) is 29.8. The van der Waals surface area contributed by atoms with Crippen molar-refractivity contribution < 1.29 is 9.47 Å². The van der Waals surface area contributed by atoms with Gasteiger partial charge in [-0.15, -0.1) is 0 Å². The zero-order valence-corrected chi connectivity index (χ0v) is 65.3. The van der Waals surface area contributed by atoms with E-state index in [-0.39, 0.29) is 16.9 Å². The minimum Gasteiger partial charge on any atom is -0.493 e. The molecule has 3 nitrogen and oxygen atoms in total. The van der Waals surface area contributed by atoms with E-state index in [0.717, 1.165) is 18.0 Å². The molecule has 5 aliphatic rings. The van der Waals surface area contributed by atoms with E-state index in [4.69, 9.17) is 9.47 Å². The minimum atomic E-state index is -0.497. The molecule has 3 heteroatoms. The van der Waals surface area contributed by atoms with Crippen LogP contribution < -0.4 is 9.47 Å². The van der Waals surface area contributed by atoms with Crippen molar-refractivity contribution in [2.24, 2.45) is 57.2 Å². The van der Waals surface area contributed by atoms with Crippen LogP contribution >= 0.6 is 0 Å². The number of likely N-dealkylation sites (tertiary alicyclic amines) is 1. The summed E-state index contributed by atoms with van der Waals surface area (Å²) in [5, 5.41) is 89.6. The maximum Gasteiger partial charge on any atom is 0.123 e. The number of hydrogen-bond acceptors (Lipinski definition) is 3. The molecule has 0 radical (unpaired) electrons. The fourth-order valence-electron chi connectivity index (χ4n) is 33.5. The maximum atomic E-state index is 7.89. The molecule has 34 rings (SSSR count). The van der Waals surface area contributed by atoms with E-state index in [2.05, 4.69) is 141 Å². The van der Waals surface area contributed by atoms with Crippen LogP contribution in [0, 0.1) is 57.2 Å². The van der Waals surface area contributed by atoms with Crippen LogP contribution in [0.2, 0.25) is 0 Å². The first-order valence-electron chi connectivity index (χ1n) is 42.6. The molecular weight excluding hydrogens is 1310 g/mol. The Labute approximate surface area is 621 Å². The average Bonchev–Trinajstić information content (AvgIpc) is 1.38. The lowest BCUT2D eigenvalue weighted by molar-refractivity contribution is 0.143. The van der Waals surface area contributed by atoms with Gasteiger partial charge < -0.3 is 9.47 Å². The van der Waals surface area contributed by atoms with Crippen molar-refractivity contribution in [2.45, 2.75) is 179 Å². The van der Waals surface area contributed by atoms with E-state index in [1.54, 1.807) is 313 Å². The monoisotopic (exact) mass is 1390 g/mol. The number of rotatable bonds is 19. The normalized spacial score (nSPS) is 22.2. The fraction of sp³-hybridized carbons (Fsp3) is 0.390. The molecule has 108 heavy (non-hydrogen) atoms. The van der Waals surface area contributed by atoms with Gasteiger partial charge in [-0.25, -0.2) is 0 Å². The molecule has 520 valence electrons. The second-order valence-corrected chi connectivity index (χ2v) is 45.0. The average molecular weight is 1390 g/mol. The summed E-state index contributed by atoms with van der Waals surface area (Å²) >= 11 is 0. The summed E-state index contributed by atoms with van der Waals surface area (Å²) in [5.41, 5.74) is 8.51. The topological polar surface area (TPSA) is 21.7 Å². The molecule has 0 N–H and O–H groups in total. The Kier molecular flexibility index (Phi) is 7.64. The highest BCUT2D eigenvalue weighted by Gasteiger charge is 2.76. The van der Waals surface area contributed by atoms with Crippen LogP contribution in [0.25, 0.3) is 291 Å². The second kappa shape index (κ2) is 14.8. The molecule has 1 saturated heterocycles. The third kappa shape index (κ3) is 4.58. The fourth-order valence-corrected chi connectivity index (χ4v) is 33.5. The maximum absolute atomic E-state index is 7.89. The van der Waals surface area contributed by atoms with Crippen molar-refractivity contribution in [3.8, 4) is 11.5 Å². The smallest absolute Gasteiger partial charge is 0.123 e. The predicted molar refractivity (Wildman–Crippen MR) is 465 cm³/mol. The van der Waals surface area contributed by atoms with Crippen LogP contribution in [0.15, 0.2) is 18.2 Å². The summed E-state index contributed by atoms with van der Waals surface area (Å²) in [5.74, 6) is 5.18. The number of likely N-dealkylation sites (N-methyl/N-ethyl adjacent to an activating group) is 1. The van der Waals surface area contributed by atoms with E-state index in [1.165, 1.54) is 56.9 Å². The molecule has 4 aliphatic carbocycles. The van der Waals surface area contributed by atoms with Crippen LogP contribution in [0.3, 0.4) is 0 Å². The van der Waals surface area contributed by atoms with Gasteiger partial charge in [-0.1, -0.05) is 124 Å². The first kappa shape index (κ1) is 55.6. The molecule has 2 spiro atoms. The number of benzene rings is 19. The lowest BCUT2D eigenvalue weighted by Crippen LogP contribution is -2.51. The summed E-state index contributed by atoms with van der Waals surface area (Å²) in [6.45, 7) is 41.9. The van der Waals surface area contributed by atoms with Gasteiger partial charge in [-0.2, -0.15) is 0 Å².